The SMILES string of the molecule is CCCCCCCCCCCCNC(=O)c1ccc2c(N=Nc3cc(CONc4ccccc4)ccc3OC)c(O)c(C(=O)Nc3cccc4ccccc34)cc2c1. The molecule has 10 nitrogen and oxygen atoms in total. The molecular formula is C48H53N5O5. The number of nitrogens with one attached hydrogen (secondary N) is 3. The number of benzene rings is 6. The van der Waals surface area contributed by atoms with E-state index in [1.165, 1.54) is 58.5 Å². The van der Waals surface area contributed by atoms with E-state index in [0.717, 1.165) is 34.9 Å². The zero-order chi connectivity index (χ0) is 40.5. The van der Waals surface area contributed by atoms with Gasteiger partial charge in [-0.3, -0.25) is 19.9 Å². The Hall–Kier alpha value is -6.26. The number of fused-ring (bicyclic) bond motifs is 2. The van der Waals surface area contributed by atoms with Gasteiger partial charge >= 0.3 is 0 Å². The van der Waals surface area contributed by atoms with E-state index in [-0.39, 0.29) is 29.5 Å². The highest BCUT2D eigenvalue weighted by atomic mass is 16.6. The first kappa shape index (κ1) is 41.4. The van der Waals surface area contributed by atoms with Crippen molar-refractivity contribution in [3.8, 4) is 11.5 Å². The second-order valence-corrected chi connectivity index (χ2v) is 14.4. The monoisotopic (exact) mass is 779 g/mol. The number of azo groups is 1. The summed E-state index contributed by atoms with van der Waals surface area (Å²) in [6.45, 7) is 3.04. The minimum Gasteiger partial charge on any atom is -0.505 e. The Morgan fingerprint density at radius 2 is 1.40 bits per heavy atom. The first-order chi connectivity index (χ1) is 28.4. The zero-order valence-corrected chi connectivity index (χ0v) is 33.4. The summed E-state index contributed by atoms with van der Waals surface area (Å²) < 4.78 is 5.59. The molecule has 4 N–H and O–H groups in total. The van der Waals surface area contributed by atoms with Crippen LogP contribution in [0.1, 0.15) is 97.4 Å². The molecule has 0 saturated heterocycles. The number of phenols is 1. The summed E-state index contributed by atoms with van der Waals surface area (Å²) in [5, 5.41) is 29.7. The third-order valence-corrected chi connectivity index (χ3v) is 10.2. The van der Waals surface area contributed by atoms with E-state index in [1.807, 2.05) is 78.9 Å². The molecule has 58 heavy (non-hydrogen) atoms. The Labute approximate surface area is 340 Å². The molecule has 0 atom stereocenters. The summed E-state index contributed by atoms with van der Waals surface area (Å²) in [6, 6.07) is 35.1. The number of carbonyl (C=O) groups excluding carboxylic acids is 2. The second kappa shape index (κ2) is 21.3. The van der Waals surface area contributed by atoms with Gasteiger partial charge in [0.15, 0.2) is 5.75 Å². The van der Waals surface area contributed by atoms with Crippen LogP contribution in [-0.4, -0.2) is 30.6 Å². The van der Waals surface area contributed by atoms with Crippen molar-refractivity contribution in [1.29, 1.82) is 0 Å². The van der Waals surface area contributed by atoms with Gasteiger partial charge in [-0.25, -0.2) is 0 Å². The number of amides is 2. The molecule has 300 valence electrons. The summed E-state index contributed by atoms with van der Waals surface area (Å²) >= 11 is 0. The van der Waals surface area contributed by atoms with Crippen molar-refractivity contribution >= 4 is 56.1 Å². The Kier molecular flexibility index (Phi) is 15.2. The molecule has 0 saturated carbocycles. The number of ether oxygens (including phenoxy) is 1. The zero-order valence-electron chi connectivity index (χ0n) is 33.4. The van der Waals surface area contributed by atoms with Gasteiger partial charge in [0.1, 0.15) is 17.1 Å². The highest BCUT2D eigenvalue weighted by Crippen LogP contribution is 2.41. The number of hydrogen-bond donors (Lipinski definition) is 4. The molecule has 0 aliphatic heterocycles. The summed E-state index contributed by atoms with van der Waals surface area (Å²) in [5.74, 6) is -0.636. The van der Waals surface area contributed by atoms with Crippen LogP contribution >= 0.6 is 0 Å². The van der Waals surface area contributed by atoms with Gasteiger partial charge in [0.2, 0.25) is 0 Å². The predicted octanol–water partition coefficient (Wildman–Crippen LogP) is 12.6. The molecule has 10 heteroatoms. The minimum atomic E-state index is -0.536. The number of rotatable bonds is 21. The number of para-hydroxylation sites is 1. The van der Waals surface area contributed by atoms with E-state index in [1.54, 1.807) is 36.4 Å². The van der Waals surface area contributed by atoms with Crippen molar-refractivity contribution in [2.24, 2.45) is 10.2 Å². The molecule has 0 bridgehead atoms. The maximum absolute atomic E-state index is 14.0. The number of aromatic hydroxyl groups is 1. The maximum atomic E-state index is 14.0. The van der Waals surface area contributed by atoms with Crippen LogP contribution in [0.15, 0.2) is 125 Å². The van der Waals surface area contributed by atoms with Gasteiger partial charge in [-0.05, 0) is 71.3 Å². The van der Waals surface area contributed by atoms with Crippen LogP contribution in [0.2, 0.25) is 0 Å². The van der Waals surface area contributed by atoms with E-state index in [9.17, 15) is 14.7 Å². The highest BCUT2D eigenvalue weighted by molar-refractivity contribution is 6.14. The van der Waals surface area contributed by atoms with Crippen molar-refractivity contribution in [3.05, 3.63) is 132 Å². The van der Waals surface area contributed by atoms with Crippen molar-refractivity contribution in [2.75, 3.05) is 24.5 Å². The topological polar surface area (TPSA) is 134 Å². The lowest BCUT2D eigenvalue weighted by Crippen LogP contribution is -2.24. The van der Waals surface area contributed by atoms with Gasteiger partial charge in [-0.2, -0.15) is 0 Å². The van der Waals surface area contributed by atoms with Crippen molar-refractivity contribution in [2.45, 2.75) is 77.7 Å². The molecule has 6 aromatic carbocycles. The quantitative estimate of drug-likeness (QED) is 0.0326. The summed E-state index contributed by atoms with van der Waals surface area (Å²) in [7, 11) is 1.54. The van der Waals surface area contributed by atoms with Crippen LogP contribution in [0.5, 0.6) is 11.5 Å². The Bertz CT molecular complexity index is 2320. The number of methoxy groups -OCH3 is 1. The predicted molar refractivity (Wildman–Crippen MR) is 234 cm³/mol. The summed E-state index contributed by atoms with van der Waals surface area (Å²) in [6.07, 6.45) is 12.2. The number of hydrogen-bond acceptors (Lipinski definition) is 8. The van der Waals surface area contributed by atoms with E-state index < -0.39 is 5.91 Å². The number of nitrogens with zero attached hydrogens (tertiary/aromatic N) is 2. The molecule has 0 spiro atoms. The molecule has 0 unspecified atom stereocenters. The van der Waals surface area contributed by atoms with Crippen LogP contribution in [-0.2, 0) is 11.4 Å². The summed E-state index contributed by atoms with van der Waals surface area (Å²) in [4.78, 5) is 33.0. The standard InChI is InChI=1S/C48H53N5O5/c1-3-4-5-6-7-8-9-10-11-17-29-49-47(55)36-26-27-40-37(31-36)32-41(48(56)50-42-24-18-20-35-19-15-16-23-39(35)42)46(54)45(40)52-51-43-30-34(25-28-44(43)57-2)33-58-53-38-21-13-12-14-22-38/h12-16,18-28,30-32,53-54H,3-11,17,29,33H2,1-2H3,(H,49,55)(H,50,56). The maximum Gasteiger partial charge on any atom is 0.259 e. The van der Waals surface area contributed by atoms with Crippen LogP contribution < -0.4 is 20.9 Å². The number of carbonyl (C=O) groups is 2. The molecule has 0 aromatic heterocycles. The molecule has 2 amide bonds. The highest BCUT2D eigenvalue weighted by Gasteiger charge is 2.21. The molecule has 0 fully saturated rings. The molecule has 6 rings (SSSR count). The Balaban J connectivity index is 1.23. The molecule has 0 heterocycles. The summed E-state index contributed by atoms with van der Waals surface area (Å²) in [5.41, 5.74) is 6.03. The van der Waals surface area contributed by atoms with Gasteiger partial charge in [-0.1, -0.05) is 131 Å². The fraction of sp³-hybridized carbons (Fsp3) is 0.292. The van der Waals surface area contributed by atoms with Crippen molar-refractivity contribution in [3.63, 3.8) is 0 Å². The lowest BCUT2D eigenvalue weighted by atomic mass is 10.00. The van der Waals surface area contributed by atoms with Crippen molar-refractivity contribution < 1.29 is 24.3 Å². The Morgan fingerprint density at radius 1 is 0.672 bits per heavy atom. The van der Waals surface area contributed by atoms with Crippen LogP contribution in [0, 0.1) is 0 Å². The number of anilines is 2. The van der Waals surface area contributed by atoms with E-state index in [2.05, 4.69) is 33.3 Å². The Morgan fingerprint density at radius 3 is 2.17 bits per heavy atom. The van der Waals surface area contributed by atoms with Gasteiger partial charge in [0.25, 0.3) is 11.8 Å². The average Bonchev–Trinajstić information content (AvgIpc) is 3.25. The smallest absolute Gasteiger partial charge is 0.259 e. The average molecular weight is 780 g/mol. The third-order valence-electron chi connectivity index (χ3n) is 10.2. The molecule has 6 aromatic rings. The van der Waals surface area contributed by atoms with Crippen LogP contribution in [0.25, 0.3) is 21.5 Å². The van der Waals surface area contributed by atoms with Crippen molar-refractivity contribution in [1.82, 2.24) is 5.32 Å². The van der Waals surface area contributed by atoms with Gasteiger partial charge in [0, 0.05) is 28.6 Å². The molecular weight excluding hydrogens is 727 g/mol. The minimum absolute atomic E-state index is 0.0154. The third kappa shape index (κ3) is 11.2. The van der Waals surface area contributed by atoms with Gasteiger partial charge in [-0.15, -0.1) is 10.2 Å². The van der Waals surface area contributed by atoms with Gasteiger partial charge in [0.05, 0.1) is 25.0 Å². The molecule has 0 aliphatic carbocycles. The van der Waals surface area contributed by atoms with E-state index >= 15 is 0 Å². The van der Waals surface area contributed by atoms with Gasteiger partial charge < -0.3 is 20.5 Å². The largest absolute Gasteiger partial charge is 0.505 e. The fourth-order valence-corrected chi connectivity index (χ4v) is 6.95. The number of phenolic OH excluding ortho intramolecular Hbond substituents is 1. The van der Waals surface area contributed by atoms with E-state index in [4.69, 9.17) is 9.57 Å². The molecule has 0 aliphatic rings. The fourth-order valence-electron chi connectivity index (χ4n) is 6.95. The lowest BCUT2D eigenvalue weighted by Gasteiger charge is -2.14. The van der Waals surface area contributed by atoms with Crippen LogP contribution in [0.4, 0.5) is 22.7 Å². The number of unbranched alkanes of at least 4 members (excludes halogenated alkanes) is 9. The first-order valence-corrected chi connectivity index (χ1v) is 20.3. The van der Waals surface area contributed by atoms with E-state index in [0.29, 0.717) is 40.0 Å². The lowest BCUT2D eigenvalue weighted by molar-refractivity contribution is 0.0952. The second-order valence-electron chi connectivity index (χ2n) is 14.4. The normalized spacial score (nSPS) is 11.3. The first-order valence-electron chi connectivity index (χ1n) is 20.3. The van der Waals surface area contributed by atoms with Crippen LogP contribution in [0.3, 0.4) is 0 Å². The molecule has 0 radical (unpaired) electrons.